The molecule has 0 radical (unpaired) electrons. The fourth-order valence-corrected chi connectivity index (χ4v) is 1.07. The lowest BCUT2D eigenvalue weighted by molar-refractivity contribution is -0.384. The standard InChI is InChI=1S/C9H11FN2O4/c1-15-4-5-16-7-3-2-6(12(13)14)9(11)8(7)10/h2-3H,4-5,11H2,1H3. The Hall–Kier alpha value is -1.89. The largest absolute Gasteiger partial charge is 0.488 e. The van der Waals surface area contributed by atoms with E-state index in [0.29, 0.717) is 0 Å². The van der Waals surface area contributed by atoms with Gasteiger partial charge in [-0.05, 0) is 6.07 Å². The molecule has 0 saturated carbocycles. The van der Waals surface area contributed by atoms with E-state index in [4.69, 9.17) is 15.2 Å². The number of nitrogens with zero attached hydrogens (tertiary/aromatic N) is 1. The first kappa shape index (κ1) is 12.2. The van der Waals surface area contributed by atoms with Crippen molar-refractivity contribution in [1.29, 1.82) is 0 Å². The van der Waals surface area contributed by atoms with Gasteiger partial charge in [-0.15, -0.1) is 0 Å². The third-order valence-corrected chi connectivity index (χ3v) is 1.86. The maximum absolute atomic E-state index is 13.5. The van der Waals surface area contributed by atoms with E-state index in [1.807, 2.05) is 0 Å². The van der Waals surface area contributed by atoms with Crippen LogP contribution >= 0.6 is 0 Å². The zero-order valence-corrected chi connectivity index (χ0v) is 8.60. The van der Waals surface area contributed by atoms with Crippen molar-refractivity contribution in [3.05, 3.63) is 28.1 Å². The quantitative estimate of drug-likeness (QED) is 0.357. The zero-order chi connectivity index (χ0) is 12.1. The predicted molar refractivity (Wildman–Crippen MR) is 54.8 cm³/mol. The fraction of sp³-hybridized carbons (Fsp3) is 0.333. The van der Waals surface area contributed by atoms with E-state index in [1.165, 1.54) is 13.2 Å². The van der Waals surface area contributed by atoms with E-state index in [9.17, 15) is 14.5 Å². The van der Waals surface area contributed by atoms with Crippen molar-refractivity contribution in [2.75, 3.05) is 26.1 Å². The number of anilines is 1. The molecule has 1 aromatic carbocycles. The molecule has 0 heterocycles. The van der Waals surface area contributed by atoms with Crippen molar-refractivity contribution >= 4 is 11.4 Å². The fourth-order valence-electron chi connectivity index (χ4n) is 1.07. The van der Waals surface area contributed by atoms with E-state index in [-0.39, 0.29) is 19.0 Å². The van der Waals surface area contributed by atoms with Crippen molar-refractivity contribution in [2.45, 2.75) is 0 Å². The van der Waals surface area contributed by atoms with Gasteiger partial charge in [-0.2, -0.15) is 0 Å². The smallest absolute Gasteiger partial charge is 0.295 e. The second-order valence-corrected chi connectivity index (χ2v) is 2.91. The van der Waals surface area contributed by atoms with E-state index in [2.05, 4.69) is 0 Å². The number of rotatable bonds is 5. The number of hydrogen-bond acceptors (Lipinski definition) is 5. The molecule has 0 bridgehead atoms. The van der Waals surface area contributed by atoms with Gasteiger partial charge >= 0.3 is 0 Å². The van der Waals surface area contributed by atoms with Crippen molar-refractivity contribution in [3.8, 4) is 5.75 Å². The highest BCUT2D eigenvalue weighted by atomic mass is 19.1. The lowest BCUT2D eigenvalue weighted by atomic mass is 10.2. The Morgan fingerprint density at radius 2 is 2.19 bits per heavy atom. The highest BCUT2D eigenvalue weighted by Crippen LogP contribution is 2.30. The molecule has 2 N–H and O–H groups in total. The highest BCUT2D eigenvalue weighted by molar-refractivity contribution is 5.62. The Labute approximate surface area is 90.9 Å². The van der Waals surface area contributed by atoms with Crippen LogP contribution in [0.4, 0.5) is 15.8 Å². The Morgan fingerprint density at radius 1 is 1.50 bits per heavy atom. The van der Waals surface area contributed by atoms with Gasteiger partial charge in [-0.3, -0.25) is 10.1 Å². The van der Waals surface area contributed by atoms with E-state index >= 15 is 0 Å². The number of halogens is 1. The van der Waals surface area contributed by atoms with E-state index in [0.717, 1.165) is 6.07 Å². The summed E-state index contributed by atoms with van der Waals surface area (Å²) in [7, 11) is 1.48. The van der Waals surface area contributed by atoms with Gasteiger partial charge in [0.05, 0.1) is 11.5 Å². The topological polar surface area (TPSA) is 87.6 Å². The molecule has 16 heavy (non-hydrogen) atoms. The van der Waals surface area contributed by atoms with Gasteiger partial charge in [0.1, 0.15) is 6.61 Å². The molecule has 0 aliphatic carbocycles. The van der Waals surface area contributed by atoms with Crippen LogP contribution in [0.25, 0.3) is 0 Å². The van der Waals surface area contributed by atoms with Gasteiger partial charge in [0.15, 0.2) is 17.3 Å². The third kappa shape index (κ3) is 2.57. The van der Waals surface area contributed by atoms with Gasteiger partial charge in [-0.1, -0.05) is 0 Å². The van der Waals surface area contributed by atoms with Gasteiger partial charge < -0.3 is 15.2 Å². The number of hydrogen-bond donors (Lipinski definition) is 1. The van der Waals surface area contributed by atoms with Gasteiger partial charge in [0, 0.05) is 13.2 Å². The normalized spacial score (nSPS) is 10.1. The number of ether oxygens (including phenoxy) is 2. The SMILES string of the molecule is COCCOc1ccc([N+](=O)[O-])c(N)c1F. The first-order valence-corrected chi connectivity index (χ1v) is 4.42. The molecular weight excluding hydrogens is 219 g/mol. The van der Waals surface area contributed by atoms with Crippen molar-refractivity contribution < 1.29 is 18.8 Å². The number of benzene rings is 1. The molecule has 7 heteroatoms. The van der Waals surface area contributed by atoms with Crippen LogP contribution in [0.2, 0.25) is 0 Å². The average molecular weight is 230 g/mol. The minimum absolute atomic E-state index is 0.125. The molecule has 0 saturated heterocycles. The Bertz CT molecular complexity index is 397. The van der Waals surface area contributed by atoms with E-state index < -0.39 is 22.1 Å². The summed E-state index contributed by atoms with van der Waals surface area (Å²) in [6.07, 6.45) is 0. The number of nitrogens with two attached hydrogens (primary N) is 1. The molecular formula is C9H11FN2O4. The number of nitrogen functional groups attached to an aromatic ring is 1. The monoisotopic (exact) mass is 230 g/mol. The second-order valence-electron chi connectivity index (χ2n) is 2.91. The van der Waals surface area contributed by atoms with Crippen LogP contribution in [0, 0.1) is 15.9 Å². The van der Waals surface area contributed by atoms with Crippen LogP contribution in [0.1, 0.15) is 0 Å². The summed E-state index contributed by atoms with van der Waals surface area (Å²) in [6.45, 7) is 0.432. The summed E-state index contributed by atoms with van der Waals surface area (Å²) in [5, 5.41) is 10.4. The molecule has 0 amide bonds. The molecule has 0 spiro atoms. The maximum Gasteiger partial charge on any atom is 0.295 e. The first-order chi connectivity index (χ1) is 7.57. The molecule has 0 aliphatic heterocycles. The molecule has 88 valence electrons. The van der Waals surface area contributed by atoms with Crippen LogP contribution in [0.3, 0.4) is 0 Å². The summed E-state index contributed by atoms with van der Waals surface area (Å²) in [5.41, 5.74) is 4.26. The van der Waals surface area contributed by atoms with Gasteiger partial charge in [0.25, 0.3) is 5.69 Å². The van der Waals surface area contributed by atoms with Gasteiger partial charge in [-0.25, -0.2) is 4.39 Å². The average Bonchev–Trinajstić information content (AvgIpc) is 2.24. The summed E-state index contributed by atoms with van der Waals surface area (Å²) in [4.78, 5) is 9.69. The van der Waals surface area contributed by atoms with Crippen LogP contribution in [-0.2, 0) is 4.74 Å². The Kier molecular flexibility index (Phi) is 4.01. The zero-order valence-electron chi connectivity index (χ0n) is 8.60. The molecule has 6 nitrogen and oxygen atoms in total. The molecule has 0 atom stereocenters. The summed E-state index contributed by atoms with van der Waals surface area (Å²) < 4.78 is 23.2. The lowest BCUT2D eigenvalue weighted by Crippen LogP contribution is -2.07. The van der Waals surface area contributed by atoms with Crippen LogP contribution in [0.15, 0.2) is 12.1 Å². The maximum atomic E-state index is 13.5. The van der Waals surface area contributed by atoms with E-state index in [1.54, 1.807) is 0 Å². The van der Waals surface area contributed by atoms with Gasteiger partial charge in [0.2, 0.25) is 0 Å². The van der Waals surface area contributed by atoms with Crippen molar-refractivity contribution in [1.82, 2.24) is 0 Å². The van der Waals surface area contributed by atoms with Crippen LogP contribution < -0.4 is 10.5 Å². The third-order valence-electron chi connectivity index (χ3n) is 1.86. The van der Waals surface area contributed by atoms with Crippen LogP contribution in [0.5, 0.6) is 5.75 Å². The number of nitro groups is 1. The number of nitro benzene ring substituents is 1. The predicted octanol–water partition coefficient (Wildman–Crippen LogP) is 1.34. The lowest BCUT2D eigenvalue weighted by Gasteiger charge is -2.07. The minimum atomic E-state index is -0.926. The minimum Gasteiger partial charge on any atom is -0.488 e. The Balaban J connectivity index is 2.89. The molecule has 1 aromatic rings. The first-order valence-electron chi connectivity index (χ1n) is 4.42. The van der Waals surface area contributed by atoms with Crippen molar-refractivity contribution in [3.63, 3.8) is 0 Å². The molecule has 0 aromatic heterocycles. The highest BCUT2D eigenvalue weighted by Gasteiger charge is 2.19. The second kappa shape index (κ2) is 5.26. The molecule has 0 unspecified atom stereocenters. The van der Waals surface area contributed by atoms with Crippen molar-refractivity contribution in [2.24, 2.45) is 0 Å². The Morgan fingerprint density at radius 3 is 2.75 bits per heavy atom. The number of methoxy groups -OCH3 is 1. The molecule has 1 rings (SSSR count). The molecule has 0 fully saturated rings. The summed E-state index contributed by atoms with van der Waals surface area (Å²) in [5.74, 6) is -1.05. The molecule has 0 aliphatic rings. The van der Waals surface area contributed by atoms with Crippen LogP contribution in [-0.4, -0.2) is 25.2 Å². The summed E-state index contributed by atoms with van der Waals surface area (Å²) in [6, 6.07) is 2.26. The summed E-state index contributed by atoms with van der Waals surface area (Å²) >= 11 is 0.